The highest BCUT2D eigenvalue weighted by molar-refractivity contribution is 7.89. The third-order valence-corrected chi connectivity index (χ3v) is 3.44. The van der Waals surface area contributed by atoms with E-state index in [9.17, 15) is 12.8 Å². The fraction of sp³-hybridized carbons (Fsp3) is 0.400. The van der Waals surface area contributed by atoms with Crippen LogP contribution < -0.4 is 4.72 Å². The van der Waals surface area contributed by atoms with Crippen LogP contribution in [0.25, 0.3) is 0 Å². The lowest BCUT2D eigenvalue weighted by atomic mass is 10.2. The Kier molecular flexibility index (Phi) is 4.01. The van der Waals surface area contributed by atoms with Crippen molar-refractivity contribution in [2.75, 3.05) is 6.54 Å². The Morgan fingerprint density at radius 1 is 1.50 bits per heavy atom. The molecule has 0 fully saturated rings. The molecule has 0 radical (unpaired) electrons. The molecular weight excluding hydrogens is 233 g/mol. The molecule has 1 rings (SSSR count). The first kappa shape index (κ1) is 13.1. The number of aryl methyl sites for hydroxylation is 1. The van der Waals surface area contributed by atoms with Gasteiger partial charge in [0, 0.05) is 6.54 Å². The van der Waals surface area contributed by atoms with Gasteiger partial charge in [0.15, 0.2) is 0 Å². The molecule has 0 unspecified atom stereocenters. The van der Waals surface area contributed by atoms with Gasteiger partial charge in [0.05, 0.1) is 11.0 Å². The van der Waals surface area contributed by atoms with Gasteiger partial charge in [-0.3, -0.25) is 0 Å². The number of benzene rings is 1. The van der Waals surface area contributed by atoms with Crippen molar-refractivity contribution in [3.05, 3.63) is 29.6 Å². The molecule has 0 saturated carbocycles. The average Bonchev–Trinajstić information content (AvgIpc) is 2.19. The Labute approximate surface area is 94.2 Å². The molecule has 0 amide bonds. The zero-order valence-corrected chi connectivity index (χ0v) is 9.88. The van der Waals surface area contributed by atoms with E-state index in [2.05, 4.69) is 4.72 Å². The quantitative estimate of drug-likeness (QED) is 0.826. The van der Waals surface area contributed by atoms with E-state index in [0.717, 1.165) is 6.07 Å². The van der Waals surface area contributed by atoms with Gasteiger partial charge in [-0.2, -0.15) is 0 Å². The van der Waals surface area contributed by atoms with Gasteiger partial charge in [-0.25, -0.2) is 17.5 Å². The van der Waals surface area contributed by atoms with E-state index in [1.807, 2.05) is 0 Å². The van der Waals surface area contributed by atoms with Crippen molar-refractivity contribution in [2.45, 2.75) is 24.8 Å². The van der Waals surface area contributed by atoms with E-state index in [1.165, 1.54) is 19.1 Å². The number of hydrogen-bond acceptors (Lipinski definition) is 3. The fourth-order valence-corrected chi connectivity index (χ4v) is 2.19. The summed E-state index contributed by atoms with van der Waals surface area (Å²) in [5.41, 5.74) is 0.384. The standard InChI is InChI=1S/C10H14FNO3S/c1-7-3-4-9(5-10(7)11)16(14,15)12-6-8(2)13/h3-5,8,12-13H,6H2,1-2H3/t8-/m1/s1. The molecule has 2 N–H and O–H groups in total. The Hall–Kier alpha value is -0.980. The number of hydrogen-bond donors (Lipinski definition) is 2. The topological polar surface area (TPSA) is 66.4 Å². The molecule has 4 nitrogen and oxygen atoms in total. The monoisotopic (exact) mass is 247 g/mol. The second-order valence-electron chi connectivity index (χ2n) is 3.61. The summed E-state index contributed by atoms with van der Waals surface area (Å²) in [6.07, 6.45) is -0.787. The highest BCUT2D eigenvalue weighted by Crippen LogP contribution is 2.13. The molecule has 0 aromatic heterocycles. The van der Waals surface area contributed by atoms with Gasteiger partial charge >= 0.3 is 0 Å². The molecule has 1 aromatic rings. The average molecular weight is 247 g/mol. The van der Waals surface area contributed by atoms with Gasteiger partial charge in [0.25, 0.3) is 0 Å². The Morgan fingerprint density at radius 3 is 2.62 bits per heavy atom. The first-order valence-electron chi connectivity index (χ1n) is 4.77. The largest absolute Gasteiger partial charge is 0.392 e. The van der Waals surface area contributed by atoms with E-state index in [1.54, 1.807) is 6.92 Å². The van der Waals surface area contributed by atoms with Crippen LogP contribution in [-0.2, 0) is 10.0 Å². The van der Waals surface area contributed by atoms with Crippen molar-refractivity contribution < 1.29 is 17.9 Å². The maximum Gasteiger partial charge on any atom is 0.240 e. The molecule has 0 saturated heterocycles. The van der Waals surface area contributed by atoms with Crippen molar-refractivity contribution in [3.63, 3.8) is 0 Å². The number of aliphatic hydroxyl groups is 1. The summed E-state index contributed by atoms with van der Waals surface area (Å²) in [5, 5.41) is 8.96. The first-order chi connectivity index (χ1) is 7.33. The number of rotatable bonds is 4. The van der Waals surface area contributed by atoms with E-state index < -0.39 is 21.9 Å². The zero-order chi connectivity index (χ0) is 12.3. The molecule has 90 valence electrons. The predicted octanol–water partition coefficient (Wildman–Crippen LogP) is 0.793. The summed E-state index contributed by atoms with van der Waals surface area (Å²) < 4.78 is 38.6. The fourth-order valence-electron chi connectivity index (χ4n) is 1.05. The van der Waals surface area contributed by atoms with Gasteiger partial charge in [-0.15, -0.1) is 0 Å². The van der Waals surface area contributed by atoms with Crippen LogP contribution in [0.3, 0.4) is 0 Å². The lowest BCUT2D eigenvalue weighted by Crippen LogP contribution is -2.30. The van der Waals surface area contributed by atoms with Crippen LogP contribution in [0, 0.1) is 12.7 Å². The van der Waals surface area contributed by atoms with Gasteiger partial charge < -0.3 is 5.11 Å². The second kappa shape index (κ2) is 4.90. The molecule has 6 heteroatoms. The first-order valence-corrected chi connectivity index (χ1v) is 6.25. The summed E-state index contributed by atoms with van der Waals surface area (Å²) in [5.74, 6) is -0.570. The van der Waals surface area contributed by atoms with Crippen LogP contribution in [-0.4, -0.2) is 26.2 Å². The van der Waals surface area contributed by atoms with Gasteiger partial charge in [-0.05, 0) is 31.5 Å². The number of sulfonamides is 1. The molecule has 16 heavy (non-hydrogen) atoms. The van der Waals surface area contributed by atoms with Crippen molar-refractivity contribution in [1.82, 2.24) is 4.72 Å². The van der Waals surface area contributed by atoms with E-state index in [0.29, 0.717) is 5.56 Å². The lowest BCUT2D eigenvalue weighted by Gasteiger charge is -2.08. The summed E-state index contributed by atoms with van der Waals surface area (Å²) >= 11 is 0. The maximum atomic E-state index is 13.2. The van der Waals surface area contributed by atoms with Crippen LogP contribution in [0.15, 0.2) is 23.1 Å². The van der Waals surface area contributed by atoms with Crippen molar-refractivity contribution >= 4 is 10.0 Å². The van der Waals surface area contributed by atoms with Crippen molar-refractivity contribution in [2.24, 2.45) is 0 Å². The van der Waals surface area contributed by atoms with Gasteiger partial charge in [0.1, 0.15) is 5.82 Å². The summed E-state index contributed by atoms with van der Waals surface area (Å²) in [6.45, 7) is 2.91. The molecule has 1 aromatic carbocycles. The molecule has 0 aliphatic carbocycles. The summed E-state index contributed by atoms with van der Waals surface area (Å²) in [4.78, 5) is -0.142. The highest BCUT2D eigenvalue weighted by Gasteiger charge is 2.15. The number of aliphatic hydroxyl groups excluding tert-OH is 1. The molecular formula is C10H14FNO3S. The predicted molar refractivity (Wildman–Crippen MR) is 58.0 cm³/mol. The van der Waals surface area contributed by atoms with E-state index in [4.69, 9.17) is 5.11 Å². The van der Waals surface area contributed by atoms with Crippen molar-refractivity contribution in [1.29, 1.82) is 0 Å². The Morgan fingerprint density at radius 2 is 2.12 bits per heavy atom. The normalized spacial score (nSPS) is 13.8. The van der Waals surface area contributed by atoms with Crippen LogP contribution in [0.5, 0.6) is 0 Å². The minimum absolute atomic E-state index is 0.0994. The van der Waals surface area contributed by atoms with Crippen LogP contribution in [0.2, 0.25) is 0 Å². The summed E-state index contributed by atoms with van der Waals surface area (Å²) in [7, 11) is -3.74. The Balaban J connectivity index is 2.94. The smallest absolute Gasteiger partial charge is 0.240 e. The third kappa shape index (κ3) is 3.26. The Bertz CT molecular complexity index is 471. The van der Waals surface area contributed by atoms with Gasteiger partial charge in [-0.1, -0.05) is 6.07 Å². The minimum Gasteiger partial charge on any atom is -0.392 e. The molecule has 0 aliphatic heterocycles. The number of halogens is 1. The molecule has 0 aliphatic rings. The van der Waals surface area contributed by atoms with Gasteiger partial charge in [0.2, 0.25) is 10.0 Å². The molecule has 0 heterocycles. The maximum absolute atomic E-state index is 13.2. The molecule has 0 spiro atoms. The SMILES string of the molecule is Cc1ccc(S(=O)(=O)NC[C@@H](C)O)cc1F. The highest BCUT2D eigenvalue weighted by atomic mass is 32.2. The van der Waals surface area contributed by atoms with Crippen LogP contribution >= 0.6 is 0 Å². The van der Waals surface area contributed by atoms with Crippen LogP contribution in [0.4, 0.5) is 4.39 Å². The molecule has 0 bridgehead atoms. The van der Waals surface area contributed by atoms with E-state index >= 15 is 0 Å². The second-order valence-corrected chi connectivity index (χ2v) is 5.38. The minimum atomic E-state index is -3.74. The van der Waals surface area contributed by atoms with Crippen LogP contribution in [0.1, 0.15) is 12.5 Å². The molecule has 1 atom stereocenters. The number of nitrogens with one attached hydrogen (secondary N) is 1. The lowest BCUT2D eigenvalue weighted by molar-refractivity contribution is 0.198. The summed E-state index contributed by atoms with van der Waals surface area (Å²) in [6, 6.07) is 3.68. The third-order valence-electron chi connectivity index (χ3n) is 2.02. The van der Waals surface area contributed by atoms with Crippen molar-refractivity contribution in [3.8, 4) is 0 Å². The zero-order valence-electron chi connectivity index (χ0n) is 9.07. The van der Waals surface area contributed by atoms with E-state index in [-0.39, 0.29) is 11.4 Å².